The van der Waals surface area contributed by atoms with Crippen molar-refractivity contribution in [2.45, 2.75) is 12.6 Å². The molecule has 1 aliphatic rings. The summed E-state index contributed by atoms with van der Waals surface area (Å²) in [4.78, 5) is 15.8. The normalized spacial score (nSPS) is 14.6. The first-order valence-corrected chi connectivity index (χ1v) is 11.2. The molecule has 7 rings (SSSR count). The van der Waals surface area contributed by atoms with E-state index in [-0.39, 0.29) is 6.04 Å². The molecule has 0 saturated heterocycles. The number of nitrogens with one attached hydrogen (secondary N) is 3. The Morgan fingerprint density at radius 2 is 1.76 bits per heavy atom. The van der Waals surface area contributed by atoms with Crippen molar-refractivity contribution < 1.29 is 0 Å². The van der Waals surface area contributed by atoms with E-state index in [4.69, 9.17) is 4.98 Å². The number of benzene rings is 3. The lowest BCUT2D eigenvalue weighted by atomic mass is 9.98. The average Bonchev–Trinajstić information content (AvgIpc) is 3.57. The molecule has 6 aromatic rings. The number of hydrogen-bond donors (Lipinski definition) is 3. The minimum Gasteiger partial charge on any atom is -0.361 e. The molecule has 0 bridgehead atoms. The monoisotopic (exact) mass is 427 g/mol. The molecule has 3 heterocycles. The van der Waals surface area contributed by atoms with Gasteiger partial charge >= 0.3 is 0 Å². The number of nitrogens with zero attached hydrogens (tertiary/aromatic N) is 2. The van der Waals surface area contributed by atoms with Crippen LogP contribution in [-0.2, 0) is 6.54 Å². The first-order valence-electron chi connectivity index (χ1n) is 11.2. The first kappa shape index (κ1) is 18.4. The first-order chi connectivity index (χ1) is 16.3. The van der Waals surface area contributed by atoms with Crippen molar-refractivity contribution in [3.05, 3.63) is 108 Å². The topological polar surface area (TPSA) is 69.4 Å². The van der Waals surface area contributed by atoms with Crippen LogP contribution < -0.4 is 5.32 Å². The summed E-state index contributed by atoms with van der Waals surface area (Å²) in [6.45, 7) is 0.792. The third kappa shape index (κ3) is 2.90. The third-order valence-electron chi connectivity index (χ3n) is 6.62. The number of imidazole rings is 1. The molecule has 0 aliphatic heterocycles. The Hall–Kier alpha value is -4.22. The van der Waals surface area contributed by atoms with Gasteiger partial charge in [0.1, 0.15) is 5.82 Å². The second-order valence-corrected chi connectivity index (χ2v) is 8.55. The maximum atomic E-state index is 4.86. The van der Waals surface area contributed by atoms with Crippen LogP contribution >= 0.6 is 0 Å². The minimum atomic E-state index is 0.129. The highest BCUT2D eigenvalue weighted by Crippen LogP contribution is 2.47. The number of hydrogen-bond acceptors (Lipinski definition) is 3. The van der Waals surface area contributed by atoms with Crippen LogP contribution in [0.1, 0.15) is 22.7 Å². The Bertz CT molecular complexity index is 1610. The minimum absolute atomic E-state index is 0.129. The van der Waals surface area contributed by atoms with Crippen molar-refractivity contribution in [2.24, 2.45) is 0 Å². The van der Waals surface area contributed by atoms with Gasteiger partial charge in [0.25, 0.3) is 0 Å². The van der Waals surface area contributed by atoms with E-state index < -0.39 is 0 Å². The van der Waals surface area contributed by atoms with E-state index in [1.807, 2.05) is 18.5 Å². The zero-order valence-corrected chi connectivity index (χ0v) is 17.8. The van der Waals surface area contributed by atoms with Crippen LogP contribution in [0, 0.1) is 0 Å². The number of pyridine rings is 1. The molecule has 0 spiro atoms. The summed E-state index contributed by atoms with van der Waals surface area (Å²) in [6.07, 6.45) is 5.60. The van der Waals surface area contributed by atoms with Gasteiger partial charge in [-0.3, -0.25) is 4.98 Å². The number of fused-ring (bicyclic) bond motifs is 5. The highest BCUT2D eigenvalue weighted by Gasteiger charge is 2.30. The van der Waals surface area contributed by atoms with Gasteiger partial charge in [0, 0.05) is 30.0 Å². The lowest BCUT2D eigenvalue weighted by Gasteiger charge is -2.16. The average molecular weight is 428 g/mol. The Balaban J connectivity index is 1.31. The second-order valence-electron chi connectivity index (χ2n) is 8.55. The van der Waals surface area contributed by atoms with Crippen LogP contribution in [0.4, 0.5) is 0 Å². The maximum absolute atomic E-state index is 4.86. The van der Waals surface area contributed by atoms with Gasteiger partial charge < -0.3 is 15.3 Å². The van der Waals surface area contributed by atoms with E-state index >= 15 is 0 Å². The van der Waals surface area contributed by atoms with Crippen molar-refractivity contribution in [2.75, 3.05) is 0 Å². The summed E-state index contributed by atoms with van der Waals surface area (Å²) in [7, 11) is 0. The van der Waals surface area contributed by atoms with Crippen molar-refractivity contribution in [3.8, 4) is 22.5 Å². The number of aromatic amines is 2. The van der Waals surface area contributed by atoms with Crippen LogP contribution in [0.3, 0.4) is 0 Å². The molecule has 3 aromatic carbocycles. The summed E-state index contributed by atoms with van der Waals surface area (Å²) in [5, 5.41) is 5.06. The van der Waals surface area contributed by atoms with Crippen molar-refractivity contribution in [1.29, 1.82) is 0 Å². The van der Waals surface area contributed by atoms with E-state index in [2.05, 4.69) is 87.0 Å². The quantitative estimate of drug-likeness (QED) is 0.325. The Morgan fingerprint density at radius 1 is 0.848 bits per heavy atom. The summed E-state index contributed by atoms with van der Waals surface area (Å²) < 4.78 is 0. The Kier molecular flexibility index (Phi) is 3.98. The molecular formula is C28H21N5. The highest BCUT2D eigenvalue weighted by atomic mass is 14.9. The van der Waals surface area contributed by atoms with Gasteiger partial charge in [0.2, 0.25) is 0 Å². The van der Waals surface area contributed by atoms with Gasteiger partial charge in [0.15, 0.2) is 0 Å². The molecule has 0 amide bonds. The van der Waals surface area contributed by atoms with Gasteiger partial charge in [-0.25, -0.2) is 4.98 Å². The van der Waals surface area contributed by atoms with E-state index in [1.54, 1.807) is 6.20 Å². The molecule has 5 nitrogen and oxygen atoms in total. The third-order valence-corrected chi connectivity index (χ3v) is 6.62. The SMILES string of the molecule is c1ccc2c(c1)-c1c(-c3nc4ccncc4[nH]3)cccc1[C@@H]2NCc1ccc2[nH]ccc2c1. The fourth-order valence-corrected chi connectivity index (χ4v) is 5.09. The van der Waals surface area contributed by atoms with Crippen LogP contribution in [0.5, 0.6) is 0 Å². The predicted molar refractivity (Wildman–Crippen MR) is 132 cm³/mol. The van der Waals surface area contributed by atoms with Crippen LogP contribution in [-0.4, -0.2) is 19.9 Å². The van der Waals surface area contributed by atoms with E-state index in [9.17, 15) is 0 Å². The molecule has 0 unspecified atom stereocenters. The smallest absolute Gasteiger partial charge is 0.139 e. The summed E-state index contributed by atoms with van der Waals surface area (Å²) in [5.41, 5.74) is 10.5. The molecule has 33 heavy (non-hydrogen) atoms. The Labute approximate surface area is 190 Å². The standard InChI is InChI=1S/C28H21N5/c1-2-5-20-19(4-1)26-21(27(20)31-15-17-8-9-23-18(14-17)10-13-30-23)6-3-7-22(26)28-32-24-11-12-29-16-25(24)33-28/h1-14,16,27,30-31H,15H2,(H,32,33)/t27-/m1/s1. The van der Waals surface area contributed by atoms with Crippen molar-refractivity contribution in [3.63, 3.8) is 0 Å². The van der Waals surface area contributed by atoms with Gasteiger partial charge in [0.05, 0.1) is 23.3 Å². The van der Waals surface area contributed by atoms with Crippen molar-refractivity contribution in [1.82, 2.24) is 25.3 Å². The van der Waals surface area contributed by atoms with Gasteiger partial charge in [-0.2, -0.15) is 0 Å². The summed E-state index contributed by atoms with van der Waals surface area (Å²) in [6, 6.07) is 26.0. The van der Waals surface area contributed by atoms with E-state index in [1.165, 1.54) is 38.7 Å². The number of rotatable bonds is 4. The van der Waals surface area contributed by atoms with E-state index in [0.717, 1.165) is 29.0 Å². The fourth-order valence-electron chi connectivity index (χ4n) is 5.09. The van der Waals surface area contributed by atoms with Gasteiger partial charge in [-0.15, -0.1) is 0 Å². The molecular weight excluding hydrogens is 406 g/mol. The van der Waals surface area contributed by atoms with Gasteiger partial charge in [-0.1, -0.05) is 48.5 Å². The number of H-pyrrole nitrogens is 2. The molecule has 5 heteroatoms. The molecule has 1 atom stereocenters. The molecule has 1 aliphatic carbocycles. The Morgan fingerprint density at radius 3 is 2.73 bits per heavy atom. The molecule has 0 saturated carbocycles. The highest BCUT2D eigenvalue weighted by molar-refractivity contribution is 5.91. The lowest BCUT2D eigenvalue weighted by molar-refractivity contribution is 0.616. The van der Waals surface area contributed by atoms with E-state index in [0.29, 0.717) is 0 Å². The maximum Gasteiger partial charge on any atom is 0.139 e. The van der Waals surface area contributed by atoms with Crippen LogP contribution in [0.2, 0.25) is 0 Å². The molecule has 3 N–H and O–H groups in total. The molecule has 0 radical (unpaired) electrons. The zero-order valence-electron chi connectivity index (χ0n) is 17.8. The summed E-state index contributed by atoms with van der Waals surface area (Å²) >= 11 is 0. The molecule has 3 aromatic heterocycles. The zero-order chi connectivity index (χ0) is 21.8. The largest absolute Gasteiger partial charge is 0.361 e. The number of aromatic nitrogens is 4. The van der Waals surface area contributed by atoms with Crippen LogP contribution in [0.15, 0.2) is 91.4 Å². The second kappa shape index (κ2) is 7.15. The predicted octanol–water partition coefficient (Wildman–Crippen LogP) is 5.97. The van der Waals surface area contributed by atoms with Gasteiger partial charge in [-0.05, 0) is 57.5 Å². The lowest BCUT2D eigenvalue weighted by Crippen LogP contribution is -2.20. The summed E-state index contributed by atoms with van der Waals surface area (Å²) in [5.74, 6) is 0.878. The fraction of sp³-hybridized carbons (Fsp3) is 0.0714. The molecule has 158 valence electrons. The molecule has 0 fully saturated rings. The van der Waals surface area contributed by atoms with Crippen molar-refractivity contribution >= 4 is 21.9 Å². The van der Waals surface area contributed by atoms with Crippen LogP contribution in [0.25, 0.3) is 44.5 Å².